The molecule has 0 aromatic rings. The smallest absolute Gasteiger partial charge is 0.237 e. The van der Waals surface area contributed by atoms with Crippen LogP contribution in [0.3, 0.4) is 0 Å². The van der Waals surface area contributed by atoms with E-state index in [2.05, 4.69) is 10.6 Å². The van der Waals surface area contributed by atoms with Crippen LogP contribution in [-0.4, -0.2) is 36.8 Å². The van der Waals surface area contributed by atoms with Crippen LogP contribution in [0.1, 0.15) is 44.9 Å². The predicted octanol–water partition coefficient (Wildman–Crippen LogP) is 1.04. The first kappa shape index (κ1) is 13.8. The topological polar surface area (TPSA) is 61.4 Å². The summed E-state index contributed by atoms with van der Waals surface area (Å²) in [7, 11) is 0. The number of hydrogen-bond donors (Lipinski definition) is 3. The van der Waals surface area contributed by atoms with Crippen molar-refractivity contribution in [1.29, 1.82) is 0 Å². The molecule has 1 saturated heterocycles. The zero-order valence-corrected chi connectivity index (χ0v) is 11.2. The Balaban J connectivity index is 1.73. The van der Waals surface area contributed by atoms with Gasteiger partial charge in [0, 0.05) is 13.2 Å². The molecular formula is C14H26N2O2. The second-order valence-corrected chi connectivity index (χ2v) is 5.73. The van der Waals surface area contributed by atoms with Crippen molar-refractivity contribution in [2.24, 2.45) is 11.8 Å². The number of aliphatic hydroxyl groups is 1. The summed E-state index contributed by atoms with van der Waals surface area (Å²) in [5, 5.41) is 15.7. The first-order chi connectivity index (χ1) is 8.81. The Morgan fingerprint density at radius 2 is 1.94 bits per heavy atom. The molecule has 3 unspecified atom stereocenters. The van der Waals surface area contributed by atoms with Gasteiger partial charge in [-0.2, -0.15) is 0 Å². The summed E-state index contributed by atoms with van der Waals surface area (Å²) in [4.78, 5) is 12.1. The average Bonchev–Trinajstić information content (AvgIpc) is 2.67. The highest BCUT2D eigenvalue weighted by molar-refractivity contribution is 5.81. The van der Waals surface area contributed by atoms with Crippen LogP contribution in [0.5, 0.6) is 0 Å². The number of carbonyl (C=O) groups is 1. The third-order valence-electron chi connectivity index (χ3n) is 4.47. The Morgan fingerprint density at radius 3 is 2.78 bits per heavy atom. The third-order valence-corrected chi connectivity index (χ3v) is 4.47. The molecule has 1 aliphatic carbocycles. The third kappa shape index (κ3) is 3.69. The Kier molecular flexibility index (Phi) is 5.45. The van der Waals surface area contributed by atoms with Gasteiger partial charge in [0.25, 0.3) is 0 Å². The van der Waals surface area contributed by atoms with Gasteiger partial charge in [0.05, 0.1) is 6.04 Å². The lowest BCUT2D eigenvalue weighted by Gasteiger charge is -2.20. The molecule has 0 radical (unpaired) electrons. The van der Waals surface area contributed by atoms with E-state index < -0.39 is 0 Å². The molecule has 2 rings (SSSR count). The van der Waals surface area contributed by atoms with Crippen molar-refractivity contribution in [3.05, 3.63) is 0 Å². The summed E-state index contributed by atoms with van der Waals surface area (Å²) in [6, 6.07) is 0.00137. The summed E-state index contributed by atoms with van der Waals surface area (Å²) < 4.78 is 0. The molecular weight excluding hydrogens is 228 g/mol. The van der Waals surface area contributed by atoms with Crippen LogP contribution in [0.2, 0.25) is 0 Å². The summed E-state index contributed by atoms with van der Waals surface area (Å²) in [6.45, 7) is 1.96. The van der Waals surface area contributed by atoms with Crippen LogP contribution in [0, 0.1) is 11.8 Å². The molecule has 0 aromatic carbocycles. The van der Waals surface area contributed by atoms with E-state index in [0.717, 1.165) is 38.8 Å². The largest absolute Gasteiger partial charge is 0.396 e. The highest BCUT2D eigenvalue weighted by Gasteiger charge is 2.27. The second kappa shape index (κ2) is 7.10. The van der Waals surface area contributed by atoms with E-state index in [0.29, 0.717) is 11.8 Å². The molecule has 2 aliphatic rings. The molecule has 3 N–H and O–H groups in total. The first-order valence-electron chi connectivity index (χ1n) is 7.43. The molecule has 1 saturated carbocycles. The zero-order chi connectivity index (χ0) is 12.8. The van der Waals surface area contributed by atoms with Gasteiger partial charge in [0.15, 0.2) is 0 Å². The van der Waals surface area contributed by atoms with Gasteiger partial charge in [-0.25, -0.2) is 0 Å². The first-order valence-corrected chi connectivity index (χ1v) is 7.43. The molecule has 0 bridgehead atoms. The minimum atomic E-state index is 0.00137. The van der Waals surface area contributed by atoms with Gasteiger partial charge in [-0.1, -0.05) is 19.3 Å². The molecule has 1 amide bonds. The summed E-state index contributed by atoms with van der Waals surface area (Å²) >= 11 is 0. The van der Waals surface area contributed by atoms with Gasteiger partial charge in [-0.3, -0.25) is 4.79 Å². The van der Waals surface area contributed by atoms with Crippen molar-refractivity contribution in [3.8, 4) is 0 Å². The Hall–Kier alpha value is -0.610. The van der Waals surface area contributed by atoms with E-state index in [1.165, 1.54) is 19.3 Å². The predicted molar refractivity (Wildman–Crippen MR) is 71.2 cm³/mol. The van der Waals surface area contributed by atoms with Gasteiger partial charge in [0.2, 0.25) is 5.91 Å². The van der Waals surface area contributed by atoms with E-state index in [4.69, 9.17) is 0 Å². The van der Waals surface area contributed by atoms with E-state index in [1.54, 1.807) is 0 Å². The molecule has 4 heteroatoms. The highest BCUT2D eigenvalue weighted by atomic mass is 16.3. The number of hydrogen-bond acceptors (Lipinski definition) is 3. The lowest BCUT2D eigenvalue weighted by molar-refractivity contribution is -0.123. The Labute approximate surface area is 110 Å². The zero-order valence-electron chi connectivity index (χ0n) is 11.2. The van der Waals surface area contributed by atoms with Crippen molar-refractivity contribution in [2.75, 3.05) is 19.7 Å². The van der Waals surface area contributed by atoms with Gasteiger partial charge >= 0.3 is 0 Å². The highest BCUT2D eigenvalue weighted by Crippen LogP contribution is 2.30. The van der Waals surface area contributed by atoms with Crippen molar-refractivity contribution in [2.45, 2.75) is 51.0 Å². The number of amides is 1. The lowest BCUT2D eigenvalue weighted by atomic mass is 9.97. The van der Waals surface area contributed by atoms with Gasteiger partial charge in [-0.15, -0.1) is 0 Å². The minimum Gasteiger partial charge on any atom is -0.396 e. The molecule has 2 fully saturated rings. The molecule has 18 heavy (non-hydrogen) atoms. The van der Waals surface area contributed by atoms with Crippen LogP contribution >= 0.6 is 0 Å². The van der Waals surface area contributed by atoms with Crippen LogP contribution in [0.4, 0.5) is 0 Å². The second-order valence-electron chi connectivity index (χ2n) is 5.73. The SMILES string of the molecule is O=C(NCC1CCCC1CO)C1CCCCCN1. The maximum absolute atomic E-state index is 12.1. The number of nitrogens with one attached hydrogen (secondary N) is 2. The van der Waals surface area contributed by atoms with E-state index in [1.807, 2.05) is 0 Å². The quantitative estimate of drug-likeness (QED) is 0.702. The number of carbonyl (C=O) groups excluding carboxylic acids is 1. The van der Waals surface area contributed by atoms with Crippen LogP contribution in [-0.2, 0) is 4.79 Å². The number of aliphatic hydroxyl groups excluding tert-OH is 1. The minimum absolute atomic E-state index is 0.00137. The van der Waals surface area contributed by atoms with Crippen molar-refractivity contribution in [1.82, 2.24) is 10.6 Å². The van der Waals surface area contributed by atoms with E-state index >= 15 is 0 Å². The molecule has 1 heterocycles. The standard InChI is InChI=1S/C14H26N2O2/c17-10-12-6-4-5-11(12)9-16-14(18)13-7-2-1-3-8-15-13/h11-13,15,17H,1-10H2,(H,16,18). The monoisotopic (exact) mass is 254 g/mol. The molecule has 4 nitrogen and oxygen atoms in total. The van der Waals surface area contributed by atoms with E-state index in [-0.39, 0.29) is 18.6 Å². The van der Waals surface area contributed by atoms with Crippen molar-refractivity contribution in [3.63, 3.8) is 0 Å². The average molecular weight is 254 g/mol. The van der Waals surface area contributed by atoms with Crippen LogP contribution < -0.4 is 10.6 Å². The lowest BCUT2D eigenvalue weighted by Crippen LogP contribution is -2.45. The Bertz CT molecular complexity index is 263. The maximum atomic E-state index is 12.1. The van der Waals surface area contributed by atoms with Crippen molar-refractivity contribution >= 4 is 5.91 Å². The van der Waals surface area contributed by atoms with Gasteiger partial charge < -0.3 is 15.7 Å². The van der Waals surface area contributed by atoms with E-state index in [9.17, 15) is 9.90 Å². The number of rotatable bonds is 4. The molecule has 1 aliphatic heterocycles. The maximum Gasteiger partial charge on any atom is 0.237 e. The fourth-order valence-electron chi connectivity index (χ4n) is 3.23. The van der Waals surface area contributed by atoms with Gasteiger partial charge in [0.1, 0.15) is 0 Å². The molecule has 3 atom stereocenters. The summed E-state index contributed by atoms with van der Waals surface area (Å²) in [6.07, 6.45) is 7.95. The van der Waals surface area contributed by atoms with Gasteiger partial charge in [-0.05, 0) is 44.1 Å². The molecule has 0 aromatic heterocycles. The fraction of sp³-hybridized carbons (Fsp3) is 0.929. The van der Waals surface area contributed by atoms with Crippen LogP contribution in [0.15, 0.2) is 0 Å². The molecule has 0 spiro atoms. The van der Waals surface area contributed by atoms with Crippen molar-refractivity contribution < 1.29 is 9.90 Å². The normalized spacial score (nSPS) is 33.1. The molecule has 104 valence electrons. The Morgan fingerprint density at radius 1 is 1.11 bits per heavy atom. The summed E-state index contributed by atoms with van der Waals surface area (Å²) in [5.41, 5.74) is 0. The fourth-order valence-corrected chi connectivity index (χ4v) is 3.23. The van der Waals surface area contributed by atoms with Crippen LogP contribution in [0.25, 0.3) is 0 Å². The summed E-state index contributed by atoms with van der Waals surface area (Å²) in [5.74, 6) is 1.03.